The molecule has 4 aromatic rings. The van der Waals surface area contributed by atoms with Crippen LogP contribution in [0, 0.1) is 17.6 Å². The summed E-state index contributed by atoms with van der Waals surface area (Å²) in [5.74, 6) is -2.59. The lowest BCUT2D eigenvalue weighted by Crippen LogP contribution is -2.41. The molecule has 0 spiro atoms. The molecule has 6 nitrogen and oxygen atoms in total. The maximum Gasteiger partial charge on any atom is 0.326 e. The van der Waals surface area contributed by atoms with E-state index in [1.165, 1.54) is 35.6 Å². The van der Waals surface area contributed by atoms with Crippen molar-refractivity contribution < 1.29 is 23.5 Å². The number of amides is 1. The van der Waals surface area contributed by atoms with E-state index in [2.05, 4.69) is 15.6 Å². The van der Waals surface area contributed by atoms with Crippen LogP contribution in [0.1, 0.15) is 29.6 Å². The number of benzene rings is 3. The molecule has 1 aliphatic carbocycles. The van der Waals surface area contributed by atoms with Gasteiger partial charge in [0.15, 0.2) is 5.13 Å². The van der Waals surface area contributed by atoms with Crippen LogP contribution < -0.4 is 10.6 Å². The molecular weight excluding hydrogens is 472 g/mol. The second-order valence-corrected chi connectivity index (χ2v) is 9.60. The molecule has 3 N–H and O–H groups in total. The topological polar surface area (TPSA) is 91.3 Å². The third-order valence-corrected chi connectivity index (χ3v) is 6.84. The Morgan fingerprint density at radius 3 is 2.46 bits per heavy atom. The number of aliphatic carboxylic acids is 1. The van der Waals surface area contributed by atoms with Crippen molar-refractivity contribution in [2.45, 2.75) is 25.3 Å². The first-order chi connectivity index (χ1) is 16.9. The van der Waals surface area contributed by atoms with Crippen molar-refractivity contribution in [2.24, 2.45) is 5.92 Å². The van der Waals surface area contributed by atoms with Gasteiger partial charge in [-0.2, -0.15) is 0 Å². The van der Waals surface area contributed by atoms with Crippen molar-refractivity contribution in [1.29, 1.82) is 0 Å². The van der Waals surface area contributed by atoms with E-state index in [0.717, 1.165) is 28.8 Å². The number of halogens is 2. The van der Waals surface area contributed by atoms with Gasteiger partial charge in [0.2, 0.25) is 0 Å². The molecule has 9 heteroatoms. The molecule has 0 aliphatic heterocycles. The van der Waals surface area contributed by atoms with E-state index in [4.69, 9.17) is 0 Å². The number of carbonyl (C=O) groups is 2. The van der Waals surface area contributed by atoms with Gasteiger partial charge in [0, 0.05) is 5.69 Å². The number of hydrogen-bond donors (Lipinski definition) is 3. The maximum atomic E-state index is 14.8. The van der Waals surface area contributed by atoms with E-state index in [9.17, 15) is 23.5 Å². The average molecular weight is 494 g/mol. The highest BCUT2D eigenvalue weighted by Gasteiger charge is 2.30. The predicted octanol–water partition coefficient (Wildman–Crippen LogP) is 5.97. The summed E-state index contributed by atoms with van der Waals surface area (Å²) in [5, 5.41) is 15.6. The molecule has 1 fully saturated rings. The molecule has 1 heterocycles. The number of rotatable bonds is 8. The first-order valence-corrected chi connectivity index (χ1v) is 11.9. The summed E-state index contributed by atoms with van der Waals surface area (Å²) in [6, 6.07) is 14.9. The van der Waals surface area contributed by atoms with E-state index in [1.54, 1.807) is 24.3 Å². The molecule has 1 saturated carbocycles. The standard InChI is InChI=1S/C26H21F2N3O3S/c27-17-6-10-21-23(13-17)35-26(31-21)29-18-7-3-15(4-8-18)16-5-9-19(20(28)12-16)24(32)30-22(25(33)34)11-14-1-2-14/h3-10,12-14,22H,1-2,11H2,(H,29,31)(H,30,32)(H,33,34)/t22-/m0/s1. The number of carboxylic acids is 1. The minimum atomic E-state index is -1.12. The highest BCUT2D eigenvalue weighted by molar-refractivity contribution is 7.22. The summed E-state index contributed by atoms with van der Waals surface area (Å²) in [7, 11) is 0. The monoisotopic (exact) mass is 493 g/mol. The Balaban J connectivity index is 1.27. The van der Waals surface area contributed by atoms with E-state index in [-0.39, 0.29) is 11.4 Å². The number of carboxylic acid groups (broad SMARTS) is 1. The van der Waals surface area contributed by atoms with Gasteiger partial charge >= 0.3 is 5.97 Å². The van der Waals surface area contributed by atoms with Crippen LogP contribution in [-0.2, 0) is 4.79 Å². The number of aromatic nitrogens is 1. The third-order valence-electron chi connectivity index (χ3n) is 5.90. The van der Waals surface area contributed by atoms with Gasteiger partial charge in [-0.05, 0) is 65.9 Å². The summed E-state index contributed by atoms with van der Waals surface area (Å²) in [6.45, 7) is 0. The Morgan fingerprint density at radius 1 is 1.03 bits per heavy atom. The smallest absolute Gasteiger partial charge is 0.326 e. The molecule has 1 aliphatic rings. The normalized spacial score (nSPS) is 14.0. The largest absolute Gasteiger partial charge is 0.480 e. The zero-order valence-electron chi connectivity index (χ0n) is 18.4. The molecule has 178 valence electrons. The first-order valence-electron chi connectivity index (χ1n) is 11.1. The van der Waals surface area contributed by atoms with Crippen LogP contribution in [0.25, 0.3) is 21.3 Å². The van der Waals surface area contributed by atoms with Crippen molar-refractivity contribution >= 4 is 44.2 Å². The number of hydrogen-bond acceptors (Lipinski definition) is 5. The molecule has 0 radical (unpaired) electrons. The number of nitrogens with one attached hydrogen (secondary N) is 2. The van der Waals surface area contributed by atoms with Gasteiger partial charge in [-0.3, -0.25) is 4.79 Å². The lowest BCUT2D eigenvalue weighted by atomic mass is 10.0. The van der Waals surface area contributed by atoms with Gasteiger partial charge in [0.1, 0.15) is 17.7 Å². The van der Waals surface area contributed by atoms with Crippen molar-refractivity contribution in [1.82, 2.24) is 10.3 Å². The fourth-order valence-electron chi connectivity index (χ4n) is 3.84. The quantitative estimate of drug-likeness (QED) is 0.281. The van der Waals surface area contributed by atoms with Crippen LogP contribution in [0.5, 0.6) is 0 Å². The number of anilines is 2. The van der Waals surface area contributed by atoms with Gasteiger partial charge in [0.05, 0.1) is 15.8 Å². The molecule has 3 aromatic carbocycles. The van der Waals surface area contributed by atoms with Gasteiger partial charge < -0.3 is 15.7 Å². The van der Waals surface area contributed by atoms with Crippen LogP contribution in [0.2, 0.25) is 0 Å². The van der Waals surface area contributed by atoms with E-state index in [0.29, 0.717) is 28.6 Å². The number of carbonyl (C=O) groups excluding carboxylic acids is 1. The predicted molar refractivity (Wildman–Crippen MR) is 131 cm³/mol. The molecular formula is C26H21F2N3O3S. The first kappa shape index (κ1) is 22.9. The third kappa shape index (κ3) is 5.30. The fraction of sp³-hybridized carbons (Fsp3) is 0.192. The number of nitrogens with zero attached hydrogens (tertiary/aromatic N) is 1. The average Bonchev–Trinajstić information content (AvgIpc) is 3.56. The summed E-state index contributed by atoms with van der Waals surface area (Å²) in [6.07, 6.45) is 2.27. The lowest BCUT2D eigenvalue weighted by molar-refractivity contribution is -0.139. The second kappa shape index (κ2) is 9.42. The number of fused-ring (bicyclic) bond motifs is 1. The Bertz CT molecular complexity index is 1420. The van der Waals surface area contributed by atoms with Crippen LogP contribution >= 0.6 is 11.3 Å². The molecule has 5 rings (SSSR count). The summed E-state index contributed by atoms with van der Waals surface area (Å²) in [5.41, 5.74) is 2.59. The maximum absolute atomic E-state index is 14.8. The summed E-state index contributed by atoms with van der Waals surface area (Å²) in [4.78, 5) is 28.3. The van der Waals surface area contributed by atoms with Crippen LogP contribution in [0.3, 0.4) is 0 Å². The lowest BCUT2D eigenvalue weighted by Gasteiger charge is -2.15. The van der Waals surface area contributed by atoms with E-state index >= 15 is 0 Å². The van der Waals surface area contributed by atoms with Crippen molar-refractivity contribution in [3.8, 4) is 11.1 Å². The Kier molecular flexibility index (Phi) is 6.17. The summed E-state index contributed by atoms with van der Waals surface area (Å²) < 4.78 is 28.9. The SMILES string of the molecule is O=C(N[C@@H](CC1CC1)C(=O)O)c1ccc(-c2ccc(Nc3nc4ccc(F)cc4s3)cc2)cc1F. The summed E-state index contributed by atoms with van der Waals surface area (Å²) >= 11 is 1.34. The zero-order valence-corrected chi connectivity index (χ0v) is 19.2. The Hall–Kier alpha value is -3.85. The fourth-order valence-corrected chi connectivity index (χ4v) is 4.76. The van der Waals surface area contributed by atoms with Gasteiger partial charge in [-0.1, -0.05) is 42.4 Å². The molecule has 1 amide bonds. The van der Waals surface area contributed by atoms with E-state index < -0.39 is 23.7 Å². The minimum absolute atomic E-state index is 0.193. The molecule has 1 atom stereocenters. The van der Waals surface area contributed by atoms with Crippen LogP contribution in [-0.4, -0.2) is 28.0 Å². The molecule has 0 saturated heterocycles. The Labute approximate surface area is 203 Å². The van der Waals surface area contributed by atoms with Crippen LogP contribution in [0.4, 0.5) is 19.6 Å². The second-order valence-electron chi connectivity index (χ2n) is 8.57. The van der Waals surface area contributed by atoms with Gasteiger partial charge in [0.25, 0.3) is 5.91 Å². The van der Waals surface area contributed by atoms with E-state index in [1.807, 2.05) is 12.1 Å². The van der Waals surface area contributed by atoms with Crippen molar-refractivity contribution in [2.75, 3.05) is 5.32 Å². The minimum Gasteiger partial charge on any atom is -0.480 e. The highest BCUT2D eigenvalue weighted by atomic mass is 32.1. The Morgan fingerprint density at radius 2 is 1.77 bits per heavy atom. The van der Waals surface area contributed by atoms with Crippen molar-refractivity contribution in [3.05, 3.63) is 77.9 Å². The zero-order chi connectivity index (χ0) is 24.5. The van der Waals surface area contributed by atoms with Gasteiger partial charge in [-0.15, -0.1) is 0 Å². The van der Waals surface area contributed by atoms with Gasteiger partial charge in [-0.25, -0.2) is 18.6 Å². The molecule has 35 heavy (non-hydrogen) atoms. The molecule has 0 bridgehead atoms. The van der Waals surface area contributed by atoms with Crippen LogP contribution in [0.15, 0.2) is 60.7 Å². The van der Waals surface area contributed by atoms with Crippen molar-refractivity contribution in [3.63, 3.8) is 0 Å². The highest BCUT2D eigenvalue weighted by Crippen LogP contribution is 2.34. The molecule has 1 aromatic heterocycles. The molecule has 0 unspecified atom stereocenters. The number of thiazole rings is 1.